The Morgan fingerprint density at radius 1 is 1.12 bits per heavy atom. The zero-order chi connectivity index (χ0) is 23.3. The Balaban J connectivity index is 1.27. The summed E-state index contributed by atoms with van der Waals surface area (Å²) < 4.78 is 31.4. The van der Waals surface area contributed by atoms with Crippen molar-refractivity contribution < 1.29 is 23.4 Å². The van der Waals surface area contributed by atoms with Gasteiger partial charge >= 0.3 is 0 Å². The maximum absolute atomic E-state index is 14.6. The molecule has 1 saturated heterocycles. The van der Waals surface area contributed by atoms with Gasteiger partial charge in [-0.3, -0.25) is 9.78 Å². The molecule has 2 aromatic carbocycles. The summed E-state index contributed by atoms with van der Waals surface area (Å²) in [7, 11) is 0. The molecule has 7 nitrogen and oxygen atoms in total. The standard InChI is InChI=1S/C26H26FN3O4/c27-23-3-1-18(11-22(23)26(31)30-13-17-5-8-28-9-6-17)21-7-10-29-14-19(21)15-32-20-2-4-24-25(12-20)34-16-33-24/h1-6,8-9,11-12,19,21,29H,7,10,13-16H2,(H,30,31)/t19-,21-/m0/s1. The molecule has 3 aromatic rings. The number of amides is 1. The summed E-state index contributed by atoms with van der Waals surface area (Å²) in [5, 5.41) is 6.22. The number of carbonyl (C=O) groups excluding carboxylic acids is 1. The van der Waals surface area contributed by atoms with Gasteiger partial charge in [-0.15, -0.1) is 0 Å². The average molecular weight is 464 g/mol. The molecule has 176 valence electrons. The van der Waals surface area contributed by atoms with Crippen molar-refractivity contribution in [2.75, 3.05) is 26.5 Å². The van der Waals surface area contributed by atoms with Crippen LogP contribution < -0.4 is 24.8 Å². The van der Waals surface area contributed by atoms with Crippen molar-refractivity contribution in [2.45, 2.75) is 18.9 Å². The van der Waals surface area contributed by atoms with Crippen LogP contribution in [0.4, 0.5) is 4.39 Å². The highest BCUT2D eigenvalue weighted by Crippen LogP contribution is 2.36. The van der Waals surface area contributed by atoms with Gasteiger partial charge in [-0.1, -0.05) is 6.07 Å². The van der Waals surface area contributed by atoms with Gasteiger partial charge in [-0.2, -0.15) is 0 Å². The molecule has 0 aliphatic carbocycles. The van der Waals surface area contributed by atoms with Crippen LogP contribution in [-0.4, -0.2) is 37.4 Å². The minimum absolute atomic E-state index is 0.0560. The molecule has 2 aliphatic heterocycles. The van der Waals surface area contributed by atoms with E-state index in [1.165, 1.54) is 6.07 Å². The molecule has 2 N–H and O–H groups in total. The molecule has 2 aliphatic rings. The molecule has 3 heterocycles. The second-order valence-electron chi connectivity index (χ2n) is 8.46. The fourth-order valence-corrected chi connectivity index (χ4v) is 4.43. The fraction of sp³-hybridized carbons (Fsp3) is 0.308. The normalized spacial score (nSPS) is 19.0. The molecule has 1 amide bonds. The molecular weight excluding hydrogens is 437 g/mol. The second kappa shape index (κ2) is 10.1. The van der Waals surface area contributed by atoms with E-state index >= 15 is 0 Å². The molecule has 0 bridgehead atoms. The number of hydrogen-bond donors (Lipinski definition) is 2. The number of nitrogens with one attached hydrogen (secondary N) is 2. The van der Waals surface area contributed by atoms with Crippen LogP contribution in [-0.2, 0) is 6.54 Å². The Hall–Kier alpha value is -3.65. The molecule has 5 rings (SSSR count). The quantitative estimate of drug-likeness (QED) is 0.557. The van der Waals surface area contributed by atoms with E-state index in [1.807, 2.05) is 30.3 Å². The first kappa shape index (κ1) is 22.2. The highest BCUT2D eigenvalue weighted by Gasteiger charge is 2.28. The van der Waals surface area contributed by atoms with E-state index in [-0.39, 0.29) is 24.2 Å². The molecule has 8 heteroatoms. The van der Waals surface area contributed by atoms with E-state index in [0.717, 1.165) is 30.6 Å². The first-order chi connectivity index (χ1) is 16.7. The van der Waals surface area contributed by atoms with Gasteiger partial charge in [-0.25, -0.2) is 4.39 Å². The number of piperidine rings is 1. The van der Waals surface area contributed by atoms with Crippen LogP contribution in [0.5, 0.6) is 17.2 Å². The average Bonchev–Trinajstić information content (AvgIpc) is 3.35. The van der Waals surface area contributed by atoms with Gasteiger partial charge in [0.25, 0.3) is 5.91 Å². The Bertz CT molecular complexity index is 1160. The second-order valence-corrected chi connectivity index (χ2v) is 8.46. The highest BCUT2D eigenvalue weighted by atomic mass is 19.1. The largest absolute Gasteiger partial charge is 0.493 e. The Labute approximate surface area is 197 Å². The number of ether oxygens (including phenoxy) is 3. The third kappa shape index (κ3) is 4.97. The van der Waals surface area contributed by atoms with E-state index < -0.39 is 11.7 Å². The summed E-state index contributed by atoms with van der Waals surface area (Å²) in [4.78, 5) is 16.7. The van der Waals surface area contributed by atoms with Gasteiger partial charge in [-0.05, 0) is 66.4 Å². The summed E-state index contributed by atoms with van der Waals surface area (Å²) in [5.41, 5.74) is 1.90. The zero-order valence-electron chi connectivity index (χ0n) is 18.6. The lowest BCUT2D eigenvalue weighted by molar-refractivity contribution is 0.0946. The monoisotopic (exact) mass is 463 g/mol. The van der Waals surface area contributed by atoms with Gasteiger partial charge in [0.05, 0.1) is 12.2 Å². The third-order valence-corrected chi connectivity index (χ3v) is 6.28. The minimum atomic E-state index is -0.530. The molecular formula is C26H26FN3O4. The summed E-state index contributed by atoms with van der Waals surface area (Å²) in [6, 6.07) is 14.0. The third-order valence-electron chi connectivity index (χ3n) is 6.28. The lowest BCUT2D eigenvalue weighted by atomic mass is 9.81. The Kier molecular flexibility index (Phi) is 6.58. The molecule has 0 saturated carbocycles. The summed E-state index contributed by atoms with van der Waals surface area (Å²) >= 11 is 0. The van der Waals surface area contributed by atoms with E-state index in [1.54, 1.807) is 24.5 Å². The van der Waals surface area contributed by atoms with E-state index in [4.69, 9.17) is 14.2 Å². The van der Waals surface area contributed by atoms with Crippen LogP contribution in [0.2, 0.25) is 0 Å². The van der Waals surface area contributed by atoms with Gasteiger partial charge in [0.2, 0.25) is 6.79 Å². The van der Waals surface area contributed by atoms with Crippen LogP contribution in [0.3, 0.4) is 0 Å². The van der Waals surface area contributed by atoms with Crippen molar-refractivity contribution in [3.05, 3.63) is 83.4 Å². The zero-order valence-corrected chi connectivity index (χ0v) is 18.6. The van der Waals surface area contributed by atoms with Crippen LogP contribution in [0.15, 0.2) is 60.9 Å². The number of hydrogen-bond acceptors (Lipinski definition) is 6. The topological polar surface area (TPSA) is 81.7 Å². The van der Waals surface area contributed by atoms with Crippen molar-refractivity contribution in [2.24, 2.45) is 5.92 Å². The summed E-state index contributed by atoms with van der Waals surface area (Å²) in [6.45, 7) is 2.64. The molecule has 0 spiro atoms. The molecule has 0 radical (unpaired) electrons. The number of aromatic nitrogens is 1. The van der Waals surface area contributed by atoms with E-state index in [0.29, 0.717) is 30.4 Å². The van der Waals surface area contributed by atoms with Crippen LogP contribution >= 0.6 is 0 Å². The SMILES string of the molecule is O=C(NCc1ccncc1)c1cc([C@@H]2CCNC[C@H]2COc2ccc3c(c2)OCO3)ccc1F. The number of halogens is 1. The smallest absolute Gasteiger partial charge is 0.254 e. The van der Waals surface area contributed by atoms with Crippen LogP contribution in [0.1, 0.15) is 33.8 Å². The maximum Gasteiger partial charge on any atom is 0.254 e. The van der Waals surface area contributed by atoms with Crippen molar-refractivity contribution in [1.82, 2.24) is 15.6 Å². The lowest BCUT2D eigenvalue weighted by Gasteiger charge is -2.32. The summed E-state index contributed by atoms with van der Waals surface area (Å²) in [5.74, 6) is 1.45. The summed E-state index contributed by atoms with van der Waals surface area (Å²) in [6.07, 6.45) is 4.19. The number of carbonyl (C=O) groups is 1. The number of pyridine rings is 1. The van der Waals surface area contributed by atoms with Gasteiger partial charge < -0.3 is 24.8 Å². The first-order valence-corrected chi connectivity index (χ1v) is 11.4. The molecule has 2 atom stereocenters. The van der Waals surface area contributed by atoms with Crippen molar-refractivity contribution >= 4 is 5.91 Å². The van der Waals surface area contributed by atoms with Crippen molar-refractivity contribution in [3.8, 4) is 17.2 Å². The lowest BCUT2D eigenvalue weighted by Crippen LogP contribution is -2.38. The minimum Gasteiger partial charge on any atom is -0.493 e. The molecule has 0 unspecified atom stereocenters. The Morgan fingerprint density at radius 3 is 2.85 bits per heavy atom. The first-order valence-electron chi connectivity index (χ1n) is 11.4. The predicted molar refractivity (Wildman–Crippen MR) is 124 cm³/mol. The number of rotatable bonds is 7. The Morgan fingerprint density at radius 2 is 1.97 bits per heavy atom. The predicted octanol–water partition coefficient (Wildman–Crippen LogP) is 3.65. The number of fused-ring (bicyclic) bond motifs is 1. The fourth-order valence-electron chi connectivity index (χ4n) is 4.43. The van der Waals surface area contributed by atoms with E-state index in [9.17, 15) is 9.18 Å². The van der Waals surface area contributed by atoms with Crippen molar-refractivity contribution in [1.29, 1.82) is 0 Å². The molecule has 1 fully saturated rings. The van der Waals surface area contributed by atoms with Gasteiger partial charge in [0.1, 0.15) is 11.6 Å². The van der Waals surface area contributed by atoms with Crippen molar-refractivity contribution in [3.63, 3.8) is 0 Å². The highest BCUT2D eigenvalue weighted by molar-refractivity contribution is 5.94. The van der Waals surface area contributed by atoms with Gasteiger partial charge in [0, 0.05) is 37.5 Å². The molecule has 1 aromatic heterocycles. The van der Waals surface area contributed by atoms with Gasteiger partial charge in [0.15, 0.2) is 11.5 Å². The molecule has 34 heavy (non-hydrogen) atoms. The number of nitrogens with zero attached hydrogens (tertiary/aromatic N) is 1. The van der Waals surface area contributed by atoms with Crippen LogP contribution in [0, 0.1) is 11.7 Å². The van der Waals surface area contributed by atoms with Crippen LogP contribution in [0.25, 0.3) is 0 Å². The number of benzene rings is 2. The maximum atomic E-state index is 14.6. The van der Waals surface area contributed by atoms with E-state index in [2.05, 4.69) is 15.6 Å².